The highest BCUT2D eigenvalue weighted by molar-refractivity contribution is 6.43. The molecule has 1 aromatic carbocycles. The molecule has 9 nitrogen and oxygen atoms in total. The number of Topliss-reactive ketones (excluding diaryl/α,β-unsaturated/α-hetero) is 1. The average Bonchev–Trinajstić information content (AvgIpc) is 3.05. The quantitative estimate of drug-likeness (QED) is 0.469. The fraction of sp³-hybridized carbons (Fsp3) is 0.364. The first-order valence-corrected chi connectivity index (χ1v) is 10.0. The minimum absolute atomic E-state index is 0.0642. The van der Waals surface area contributed by atoms with Gasteiger partial charge in [0.2, 0.25) is 0 Å². The van der Waals surface area contributed by atoms with E-state index in [0.29, 0.717) is 25.2 Å². The highest BCUT2D eigenvalue weighted by Crippen LogP contribution is 2.19. The summed E-state index contributed by atoms with van der Waals surface area (Å²) in [4.78, 5) is 39.9. The Morgan fingerprint density at radius 2 is 1.97 bits per heavy atom. The minimum Gasteiger partial charge on any atom is -0.390 e. The smallest absolute Gasteiger partial charge is 0.292 e. The highest BCUT2D eigenvalue weighted by Gasteiger charge is 2.31. The van der Waals surface area contributed by atoms with E-state index in [1.54, 1.807) is 20.0 Å². The number of nitriles is 1. The van der Waals surface area contributed by atoms with Gasteiger partial charge in [-0.15, -0.1) is 0 Å². The van der Waals surface area contributed by atoms with E-state index < -0.39 is 35.6 Å². The van der Waals surface area contributed by atoms with Gasteiger partial charge in [-0.05, 0) is 51.2 Å². The summed E-state index contributed by atoms with van der Waals surface area (Å²) in [6.45, 7) is 2.68. The molecule has 0 unspecified atom stereocenters. The van der Waals surface area contributed by atoms with Crippen LogP contribution < -0.4 is 10.6 Å². The summed E-state index contributed by atoms with van der Waals surface area (Å²) < 4.78 is 15.0. The average molecular weight is 441 g/mol. The van der Waals surface area contributed by atoms with Gasteiger partial charge in [0.25, 0.3) is 17.6 Å². The minimum atomic E-state index is -0.851. The van der Waals surface area contributed by atoms with Crippen LogP contribution in [0.4, 0.5) is 10.1 Å². The van der Waals surface area contributed by atoms with Gasteiger partial charge in [0.15, 0.2) is 0 Å². The number of halogens is 1. The fourth-order valence-electron chi connectivity index (χ4n) is 3.65. The van der Waals surface area contributed by atoms with Crippen LogP contribution in [0.25, 0.3) is 0 Å². The summed E-state index contributed by atoms with van der Waals surface area (Å²) >= 11 is 0. The van der Waals surface area contributed by atoms with Crippen LogP contribution in [0.3, 0.4) is 0 Å². The van der Waals surface area contributed by atoms with Crippen molar-refractivity contribution in [2.45, 2.75) is 25.5 Å². The Labute approximate surface area is 184 Å². The summed E-state index contributed by atoms with van der Waals surface area (Å²) in [6.07, 6.45) is -0.266. The van der Waals surface area contributed by atoms with Gasteiger partial charge >= 0.3 is 0 Å². The third kappa shape index (κ3) is 4.69. The normalized spacial score (nSPS) is 18.6. The van der Waals surface area contributed by atoms with Crippen LogP contribution in [-0.4, -0.2) is 64.5 Å². The van der Waals surface area contributed by atoms with Crippen molar-refractivity contribution in [1.29, 1.82) is 5.26 Å². The second kappa shape index (κ2) is 9.30. The molecule has 10 heteroatoms. The number of aliphatic hydroxyl groups excluding tert-OH is 1. The van der Waals surface area contributed by atoms with Crippen molar-refractivity contribution in [3.05, 3.63) is 52.6 Å². The van der Waals surface area contributed by atoms with E-state index in [-0.39, 0.29) is 22.5 Å². The number of nitrogens with one attached hydrogen (secondary N) is 2. The van der Waals surface area contributed by atoms with Gasteiger partial charge in [0, 0.05) is 30.5 Å². The number of likely N-dealkylation sites (tertiary alicyclic amines) is 1. The van der Waals surface area contributed by atoms with Crippen molar-refractivity contribution in [2.24, 2.45) is 7.05 Å². The van der Waals surface area contributed by atoms with E-state index in [9.17, 15) is 23.9 Å². The monoisotopic (exact) mass is 441 g/mol. The van der Waals surface area contributed by atoms with Crippen molar-refractivity contribution in [1.82, 2.24) is 14.8 Å². The number of amides is 2. The van der Waals surface area contributed by atoms with Crippen LogP contribution in [0.15, 0.2) is 24.3 Å². The lowest BCUT2D eigenvalue weighted by atomic mass is 10.0. The Bertz CT molecular complexity index is 1120. The molecule has 2 aromatic rings. The Hall–Kier alpha value is -3.55. The lowest BCUT2D eigenvalue weighted by Gasteiger charge is -2.33. The summed E-state index contributed by atoms with van der Waals surface area (Å²) in [7, 11) is 3.43. The summed E-state index contributed by atoms with van der Waals surface area (Å²) in [5.74, 6) is -2.95. The van der Waals surface area contributed by atoms with Gasteiger partial charge in [-0.1, -0.05) is 0 Å². The van der Waals surface area contributed by atoms with Crippen LogP contribution in [0.1, 0.15) is 38.5 Å². The van der Waals surface area contributed by atoms with Crippen LogP contribution >= 0.6 is 0 Å². The van der Waals surface area contributed by atoms with Crippen molar-refractivity contribution >= 4 is 23.3 Å². The standard InChI is InChI=1S/C22H24FN5O4/c1-12-15(20(30)22(32)26-17-6-7-27(2)11-19(17)29)9-18(28(12)3)21(31)25-14-4-5-16(23)13(8-14)10-24/h4-5,8-9,17,19,29H,6-7,11H2,1-3H3,(H,25,31)(H,26,32)/t17-,19+/m0/s1. The zero-order chi connectivity index (χ0) is 23.6. The first-order chi connectivity index (χ1) is 15.1. The molecule has 1 aliphatic rings. The molecule has 0 bridgehead atoms. The van der Waals surface area contributed by atoms with Crippen LogP contribution in [-0.2, 0) is 11.8 Å². The largest absolute Gasteiger partial charge is 0.390 e. The van der Waals surface area contributed by atoms with E-state index in [0.717, 1.165) is 6.07 Å². The molecule has 1 fully saturated rings. The lowest BCUT2D eigenvalue weighted by Crippen LogP contribution is -2.54. The Morgan fingerprint density at radius 3 is 2.62 bits per heavy atom. The number of hydrogen-bond acceptors (Lipinski definition) is 6. The molecular formula is C22H24FN5O4. The Balaban J connectivity index is 1.76. The van der Waals surface area contributed by atoms with E-state index in [1.807, 2.05) is 11.9 Å². The van der Waals surface area contributed by atoms with Gasteiger partial charge in [0.1, 0.15) is 17.6 Å². The predicted octanol–water partition coefficient (Wildman–Crippen LogP) is 0.961. The van der Waals surface area contributed by atoms with Gasteiger partial charge in [-0.25, -0.2) is 4.39 Å². The fourth-order valence-corrected chi connectivity index (χ4v) is 3.65. The second-order valence-electron chi connectivity index (χ2n) is 7.88. The molecule has 1 aromatic heterocycles. The van der Waals surface area contributed by atoms with E-state index in [1.165, 1.54) is 22.8 Å². The highest BCUT2D eigenvalue weighted by atomic mass is 19.1. The zero-order valence-electron chi connectivity index (χ0n) is 18.0. The van der Waals surface area contributed by atoms with Gasteiger partial charge < -0.3 is 25.2 Å². The number of anilines is 1. The van der Waals surface area contributed by atoms with Gasteiger partial charge in [-0.2, -0.15) is 5.26 Å². The number of aliphatic hydroxyl groups is 1. The van der Waals surface area contributed by atoms with E-state index in [2.05, 4.69) is 10.6 Å². The Morgan fingerprint density at radius 1 is 1.25 bits per heavy atom. The molecular weight excluding hydrogens is 417 g/mol. The molecule has 0 spiro atoms. The maximum atomic E-state index is 13.5. The molecule has 0 aliphatic carbocycles. The third-order valence-electron chi connectivity index (χ3n) is 5.66. The zero-order valence-corrected chi connectivity index (χ0v) is 18.0. The number of β-amino-alcohol motifs (C(OH)–C–C–N with tert-alkyl or cyclic N) is 1. The lowest BCUT2D eigenvalue weighted by molar-refractivity contribution is -0.119. The molecule has 3 N–H and O–H groups in total. The number of ketones is 1. The van der Waals surface area contributed by atoms with Crippen molar-refractivity contribution in [2.75, 3.05) is 25.5 Å². The van der Waals surface area contributed by atoms with Crippen molar-refractivity contribution in [3.8, 4) is 6.07 Å². The SMILES string of the molecule is Cc1c(C(=O)C(=O)N[C@H]2CCN(C)C[C@H]2O)cc(C(=O)Nc2ccc(F)c(C#N)c2)n1C. The number of carbonyl (C=O) groups excluding carboxylic acids is 3. The first kappa shape index (κ1) is 23.1. The molecule has 2 atom stereocenters. The van der Waals surface area contributed by atoms with Crippen LogP contribution in [0, 0.1) is 24.1 Å². The number of likely N-dealkylation sites (N-methyl/N-ethyl adjacent to an activating group) is 1. The van der Waals surface area contributed by atoms with E-state index in [4.69, 9.17) is 5.26 Å². The number of nitrogens with zero attached hydrogens (tertiary/aromatic N) is 3. The number of aromatic nitrogens is 1. The molecule has 2 amide bonds. The molecule has 1 saturated heterocycles. The predicted molar refractivity (Wildman–Crippen MR) is 114 cm³/mol. The van der Waals surface area contributed by atoms with Gasteiger partial charge in [-0.3, -0.25) is 14.4 Å². The number of rotatable bonds is 5. The number of carbonyl (C=O) groups is 3. The summed E-state index contributed by atoms with van der Waals surface area (Å²) in [5, 5.41) is 24.2. The number of hydrogen-bond donors (Lipinski definition) is 3. The number of piperidine rings is 1. The maximum Gasteiger partial charge on any atom is 0.292 e. The van der Waals surface area contributed by atoms with Gasteiger partial charge in [0.05, 0.1) is 17.7 Å². The van der Waals surface area contributed by atoms with E-state index >= 15 is 0 Å². The summed E-state index contributed by atoms with van der Waals surface area (Å²) in [5.41, 5.74) is 0.592. The van der Waals surface area contributed by atoms with Crippen molar-refractivity contribution in [3.63, 3.8) is 0 Å². The first-order valence-electron chi connectivity index (χ1n) is 10.0. The van der Waals surface area contributed by atoms with Crippen LogP contribution in [0.2, 0.25) is 0 Å². The second-order valence-corrected chi connectivity index (χ2v) is 7.88. The molecule has 0 radical (unpaired) electrons. The third-order valence-corrected chi connectivity index (χ3v) is 5.66. The molecule has 0 saturated carbocycles. The topological polar surface area (TPSA) is 127 Å². The van der Waals surface area contributed by atoms with Crippen LogP contribution in [0.5, 0.6) is 0 Å². The molecule has 168 valence electrons. The molecule has 1 aliphatic heterocycles. The molecule has 2 heterocycles. The van der Waals surface area contributed by atoms with Crippen molar-refractivity contribution < 1.29 is 23.9 Å². The summed E-state index contributed by atoms with van der Waals surface area (Å²) in [6, 6.07) is 6.07. The maximum absolute atomic E-state index is 13.5. The molecule has 3 rings (SSSR count). The molecule has 32 heavy (non-hydrogen) atoms. The Kier molecular flexibility index (Phi) is 6.72. The number of benzene rings is 1.